The molecule has 0 radical (unpaired) electrons. The van der Waals surface area contributed by atoms with E-state index in [0.29, 0.717) is 5.92 Å². The summed E-state index contributed by atoms with van der Waals surface area (Å²) >= 11 is 0. The van der Waals surface area contributed by atoms with Crippen molar-refractivity contribution in [2.75, 3.05) is 7.05 Å². The van der Waals surface area contributed by atoms with Gasteiger partial charge < -0.3 is 4.90 Å². The summed E-state index contributed by atoms with van der Waals surface area (Å²) in [5.74, 6) is 1.05. The normalized spacial score (nSPS) is 36.6. The number of amides is 1. The van der Waals surface area contributed by atoms with Crippen molar-refractivity contribution in [1.29, 1.82) is 0 Å². The molecule has 2 rings (SSSR count). The molecule has 2 atom stereocenters. The monoisotopic (exact) mass is 151 g/mol. The van der Waals surface area contributed by atoms with Crippen molar-refractivity contribution in [1.82, 2.24) is 4.90 Å². The molecular weight excluding hydrogens is 138 g/mol. The number of fused-ring (bicyclic) bond motifs is 1. The summed E-state index contributed by atoms with van der Waals surface area (Å²) in [5.41, 5.74) is 1.04. The van der Waals surface area contributed by atoms with Crippen LogP contribution < -0.4 is 0 Å². The Morgan fingerprint density at radius 1 is 1.45 bits per heavy atom. The van der Waals surface area contributed by atoms with Gasteiger partial charge in [-0.3, -0.25) is 4.79 Å². The lowest BCUT2D eigenvalue weighted by atomic mass is 9.98. The van der Waals surface area contributed by atoms with Gasteiger partial charge in [0, 0.05) is 24.6 Å². The van der Waals surface area contributed by atoms with E-state index < -0.39 is 0 Å². The van der Waals surface area contributed by atoms with Crippen LogP contribution in [0.1, 0.15) is 19.3 Å². The van der Waals surface area contributed by atoms with Crippen LogP contribution in [0.3, 0.4) is 0 Å². The van der Waals surface area contributed by atoms with Crippen LogP contribution in [0, 0.1) is 11.8 Å². The number of likely N-dealkylation sites (tertiary alicyclic amines) is 1. The third-order valence-corrected chi connectivity index (χ3v) is 3.02. The van der Waals surface area contributed by atoms with Crippen LogP contribution in [0.4, 0.5) is 0 Å². The molecule has 1 amide bonds. The third kappa shape index (κ3) is 0.753. The van der Waals surface area contributed by atoms with Crippen molar-refractivity contribution >= 4 is 5.91 Å². The number of allylic oxidation sites excluding steroid dienone is 1. The van der Waals surface area contributed by atoms with Gasteiger partial charge in [0.2, 0.25) is 5.91 Å². The van der Waals surface area contributed by atoms with Crippen LogP contribution in [0.2, 0.25) is 0 Å². The highest BCUT2D eigenvalue weighted by atomic mass is 16.2. The van der Waals surface area contributed by atoms with Crippen molar-refractivity contribution < 1.29 is 4.79 Å². The largest absolute Gasteiger partial charge is 0.319 e. The van der Waals surface area contributed by atoms with Gasteiger partial charge in [0.25, 0.3) is 0 Å². The first-order valence-corrected chi connectivity index (χ1v) is 4.18. The first-order valence-electron chi connectivity index (χ1n) is 4.18. The molecule has 60 valence electrons. The number of rotatable bonds is 0. The minimum absolute atomic E-state index is 0.285. The molecule has 2 heteroatoms. The third-order valence-electron chi connectivity index (χ3n) is 3.02. The van der Waals surface area contributed by atoms with E-state index in [2.05, 4.69) is 6.58 Å². The molecule has 11 heavy (non-hydrogen) atoms. The highest BCUT2D eigenvalue weighted by molar-refractivity contribution is 5.84. The van der Waals surface area contributed by atoms with E-state index >= 15 is 0 Å². The second-order valence-electron chi connectivity index (χ2n) is 3.53. The number of hydrogen-bond acceptors (Lipinski definition) is 1. The summed E-state index contributed by atoms with van der Waals surface area (Å²) < 4.78 is 0. The predicted octanol–water partition coefficient (Wildman–Crippen LogP) is 1.39. The van der Waals surface area contributed by atoms with Crippen molar-refractivity contribution in [3.8, 4) is 0 Å². The van der Waals surface area contributed by atoms with Gasteiger partial charge in [0.05, 0.1) is 0 Å². The quantitative estimate of drug-likeness (QED) is 0.512. The topological polar surface area (TPSA) is 20.3 Å². The van der Waals surface area contributed by atoms with E-state index in [-0.39, 0.29) is 11.8 Å². The van der Waals surface area contributed by atoms with Crippen molar-refractivity contribution in [3.63, 3.8) is 0 Å². The molecule has 0 N–H and O–H groups in total. The molecule has 1 saturated heterocycles. The van der Waals surface area contributed by atoms with Gasteiger partial charge in [-0.15, -0.1) is 0 Å². The summed E-state index contributed by atoms with van der Waals surface area (Å²) in [6, 6.07) is 0. The molecule has 1 aliphatic carbocycles. The Balaban J connectivity index is 2.30. The lowest BCUT2D eigenvalue weighted by Crippen LogP contribution is -2.21. The highest BCUT2D eigenvalue weighted by Crippen LogP contribution is 2.43. The lowest BCUT2D eigenvalue weighted by Gasteiger charge is -2.11. The number of carbonyl (C=O) groups excluding carboxylic acids is 1. The molecular formula is C9H13NO. The minimum Gasteiger partial charge on any atom is -0.319 e. The number of carbonyl (C=O) groups is 1. The SMILES string of the molecule is C=C1C2CCCC2C(=O)N1C. The van der Waals surface area contributed by atoms with Crippen LogP contribution >= 0.6 is 0 Å². The molecule has 2 nitrogen and oxygen atoms in total. The zero-order chi connectivity index (χ0) is 8.01. The first kappa shape index (κ1) is 6.89. The Bertz CT molecular complexity index is 200. The predicted molar refractivity (Wildman–Crippen MR) is 42.7 cm³/mol. The van der Waals surface area contributed by atoms with E-state index in [1.165, 1.54) is 12.8 Å². The summed E-state index contributed by atoms with van der Waals surface area (Å²) in [4.78, 5) is 13.2. The summed E-state index contributed by atoms with van der Waals surface area (Å²) in [6.45, 7) is 3.93. The van der Waals surface area contributed by atoms with Gasteiger partial charge in [-0.2, -0.15) is 0 Å². The summed E-state index contributed by atoms with van der Waals surface area (Å²) in [5, 5.41) is 0. The molecule has 1 heterocycles. The number of nitrogens with zero attached hydrogens (tertiary/aromatic N) is 1. The van der Waals surface area contributed by atoms with Crippen molar-refractivity contribution in [2.45, 2.75) is 19.3 Å². The minimum atomic E-state index is 0.285. The van der Waals surface area contributed by atoms with Crippen LogP contribution in [0.15, 0.2) is 12.3 Å². The van der Waals surface area contributed by atoms with Crippen molar-refractivity contribution in [2.24, 2.45) is 11.8 Å². The molecule has 0 spiro atoms. The van der Waals surface area contributed by atoms with Gasteiger partial charge in [0.1, 0.15) is 0 Å². The Hall–Kier alpha value is -0.790. The van der Waals surface area contributed by atoms with Crippen LogP contribution in [-0.4, -0.2) is 17.9 Å². The van der Waals surface area contributed by atoms with E-state index in [9.17, 15) is 4.79 Å². The molecule has 2 aliphatic rings. The van der Waals surface area contributed by atoms with E-state index in [4.69, 9.17) is 0 Å². The Morgan fingerprint density at radius 3 is 2.73 bits per heavy atom. The van der Waals surface area contributed by atoms with Crippen LogP contribution in [0.5, 0.6) is 0 Å². The zero-order valence-corrected chi connectivity index (χ0v) is 6.84. The average Bonchev–Trinajstić information content (AvgIpc) is 2.53. The maximum Gasteiger partial charge on any atom is 0.230 e. The second-order valence-corrected chi connectivity index (χ2v) is 3.53. The molecule has 1 saturated carbocycles. The molecule has 0 bridgehead atoms. The van der Waals surface area contributed by atoms with Crippen molar-refractivity contribution in [3.05, 3.63) is 12.3 Å². The van der Waals surface area contributed by atoms with Crippen LogP contribution in [-0.2, 0) is 4.79 Å². The summed E-state index contributed by atoms with van der Waals surface area (Å²) in [7, 11) is 1.84. The zero-order valence-electron chi connectivity index (χ0n) is 6.84. The molecule has 1 aliphatic heterocycles. The highest BCUT2D eigenvalue weighted by Gasteiger charge is 2.43. The second kappa shape index (κ2) is 2.10. The average molecular weight is 151 g/mol. The Labute approximate surface area is 66.9 Å². The maximum atomic E-state index is 11.5. The fourth-order valence-electron chi connectivity index (χ4n) is 2.29. The number of hydrogen-bond donors (Lipinski definition) is 0. The van der Waals surface area contributed by atoms with Crippen LogP contribution in [0.25, 0.3) is 0 Å². The fourth-order valence-corrected chi connectivity index (χ4v) is 2.29. The molecule has 2 fully saturated rings. The molecule has 0 aromatic heterocycles. The van der Waals surface area contributed by atoms with E-state index in [1.807, 2.05) is 7.05 Å². The van der Waals surface area contributed by atoms with Gasteiger partial charge >= 0.3 is 0 Å². The van der Waals surface area contributed by atoms with E-state index in [1.54, 1.807) is 4.90 Å². The lowest BCUT2D eigenvalue weighted by molar-refractivity contribution is -0.129. The molecule has 0 aromatic rings. The Morgan fingerprint density at radius 2 is 2.09 bits per heavy atom. The molecule has 2 unspecified atom stereocenters. The smallest absolute Gasteiger partial charge is 0.230 e. The summed E-state index contributed by atoms with van der Waals surface area (Å²) in [6.07, 6.45) is 3.44. The standard InChI is InChI=1S/C9H13NO/c1-6-7-4-3-5-8(7)9(11)10(6)2/h7-8H,1,3-5H2,2H3. The maximum absolute atomic E-state index is 11.5. The van der Waals surface area contributed by atoms with Gasteiger partial charge in [-0.05, 0) is 12.8 Å². The fraction of sp³-hybridized carbons (Fsp3) is 0.667. The van der Waals surface area contributed by atoms with Gasteiger partial charge in [-0.1, -0.05) is 13.0 Å². The Kier molecular flexibility index (Phi) is 1.31. The van der Waals surface area contributed by atoms with Gasteiger partial charge in [-0.25, -0.2) is 0 Å². The van der Waals surface area contributed by atoms with Gasteiger partial charge in [0.15, 0.2) is 0 Å². The van der Waals surface area contributed by atoms with E-state index in [0.717, 1.165) is 12.1 Å². The first-order chi connectivity index (χ1) is 5.22. The molecule has 0 aromatic carbocycles.